The van der Waals surface area contributed by atoms with E-state index in [9.17, 15) is 0 Å². The summed E-state index contributed by atoms with van der Waals surface area (Å²) >= 11 is 0. The molecule has 2 aromatic heterocycles. The molecule has 2 heterocycles. The molecule has 2 aliphatic rings. The van der Waals surface area contributed by atoms with Crippen LogP contribution in [0.15, 0.2) is 97.6 Å². The van der Waals surface area contributed by atoms with Gasteiger partial charge in [0, 0.05) is 36.6 Å². The summed E-state index contributed by atoms with van der Waals surface area (Å²) in [4.78, 5) is 8.26. The molecule has 0 unspecified atom stereocenters. The van der Waals surface area contributed by atoms with Gasteiger partial charge in [0.05, 0.1) is 25.4 Å². The minimum absolute atomic E-state index is 0.0212. The second-order valence-electron chi connectivity index (χ2n) is 8.88. The number of benzene rings is 2. The van der Waals surface area contributed by atoms with Crippen molar-refractivity contribution in [2.75, 3.05) is 0 Å². The Labute approximate surface area is 194 Å². The molecule has 2 bridgehead atoms. The van der Waals surface area contributed by atoms with Crippen LogP contribution in [0, 0.1) is 0 Å². The molecule has 164 valence electrons. The normalized spacial score (nSPS) is 22.9. The highest BCUT2D eigenvalue weighted by molar-refractivity contribution is 5.47. The van der Waals surface area contributed by atoms with Crippen LogP contribution >= 0.6 is 0 Å². The van der Waals surface area contributed by atoms with Crippen LogP contribution in [-0.4, -0.2) is 9.97 Å². The van der Waals surface area contributed by atoms with Crippen LogP contribution < -0.4 is 0 Å². The number of pyridine rings is 2. The van der Waals surface area contributed by atoms with Crippen LogP contribution in [0.2, 0.25) is 0 Å². The van der Waals surface area contributed by atoms with E-state index < -0.39 is 0 Å². The third-order valence-electron chi connectivity index (χ3n) is 7.00. The third-order valence-corrected chi connectivity index (χ3v) is 7.00. The van der Waals surface area contributed by atoms with Crippen molar-refractivity contribution in [3.05, 3.63) is 131 Å². The monoisotopic (exact) mass is 434 g/mol. The van der Waals surface area contributed by atoms with Crippen molar-refractivity contribution >= 4 is 0 Å². The summed E-state index contributed by atoms with van der Waals surface area (Å²) in [6.45, 7) is 1.15. The Balaban J connectivity index is 1.36. The predicted octanol–water partition coefficient (Wildman–Crippen LogP) is 6.28. The summed E-state index contributed by atoms with van der Waals surface area (Å²) in [5.41, 5.74) is 7.57. The van der Waals surface area contributed by atoms with Crippen molar-refractivity contribution in [1.29, 1.82) is 0 Å². The average molecular weight is 435 g/mol. The van der Waals surface area contributed by atoms with Crippen molar-refractivity contribution in [2.24, 2.45) is 0 Å². The number of ether oxygens (including phenoxy) is 2. The van der Waals surface area contributed by atoms with E-state index >= 15 is 0 Å². The highest BCUT2D eigenvalue weighted by atomic mass is 16.5. The van der Waals surface area contributed by atoms with Gasteiger partial charge in [0.15, 0.2) is 0 Å². The van der Waals surface area contributed by atoms with Crippen LogP contribution in [-0.2, 0) is 22.7 Å². The average Bonchev–Trinajstić information content (AvgIpc) is 2.89. The smallest absolute Gasteiger partial charge is 0.0901 e. The molecule has 4 nitrogen and oxygen atoms in total. The lowest BCUT2D eigenvalue weighted by molar-refractivity contribution is -0.0285. The summed E-state index contributed by atoms with van der Waals surface area (Å²) in [5, 5.41) is 0. The molecule has 0 radical (unpaired) electrons. The van der Waals surface area contributed by atoms with Crippen molar-refractivity contribution in [1.82, 2.24) is 9.97 Å². The molecule has 2 aliphatic carbocycles. The van der Waals surface area contributed by atoms with Crippen molar-refractivity contribution in [2.45, 2.75) is 43.7 Å². The van der Waals surface area contributed by atoms with Crippen LogP contribution in [0.25, 0.3) is 0 Å². The van der Waals surface area contributed by atoms with Gasteiger partial charge in [-0.1, -0.05) is 48.5 Å². The first-order valence-electron chi connectivity index (χ1n) is 11.6. The van der Waals surface area contributed by atoms with Gasteiger partial charge >= 0.3 is 0 Å². The van der Waals surface area contributed by atoms with E-state index in [0.717, 1.165) is 17.5 Å². The van der Waals surface area contributed by atoms with Gasteiger partial charge in [-0.25, -0.2) is 0 Å². The summed E-state index contributed by atoms with van der Waals surface area (Å²) in [6, 6.07) is 25.6. The van der Waals surface area contributed by atoms with E-state index in [0.29, 0.717) is 25.0 Å². The molecular formula is C29H26N2O2. The Morgan fingerprint density at radius 1 is 0.545 bits per heavy atom. The molecule has 0 fully saturated rings. The zero-order valence-corrected chi connectivity index (χ0v) is 18.4. The SMILES string of the molecule is c1ccc2c(c1)[C@H]1C[C@H](c3ccccc3[C@H]1OCc1ccncc1)[C@@H]2OCc1ccncc1. The molecule has 0 spiro atoms. The Hall–Kier alpha value is -3.34. The van der Waals surface area contributed by atoms with Gasteiger partial charge in [-0.3, -0.25) is 9.97 Å². The summed E-state index contributed by atoms with van der Waals surface area (Å²) < 4.78 is 13.3. The number of aromatic nitrogens is 2. The lowest BCUT2D eigenvalue weighted by atomic mass is 9.64. The minimum atomic E-state index is 0.0212. The van der Waals surface area contributed by atoms with E-state index in [1.54, 1.807) is 0 Å². The largest absolute Gasteiger partial charge is 0.368 e. The topological polar surface area (TPSA) is 44.2 Å². The quantitative estimate of drug-likeness (QED) is 0.358. The first-order chi connectivity index (χ1) is 16.4. The van der Waals surface area contributed by atoms with Crippen LogP contribution in [0.3, 0.4) is 0 Å². The number of hydrogen-bond donors (Lipinski definition) is 0. The Morgan fingerprint density at radius 2 is 0.939 bits per heavy atom. The summed E-state index contributed by atoms with van der Waals surface area (Å²) in [7, 11) is 0. The van der Waals surface area contributed by atoms with Gasteiger partial charge in [-0.15, -0.1) is 0 Å². The Kier molecular flexibility index (Phi) is 5.46. The standard InChI is InChI=1S/C29H26N2O2/c1-3-7-24-22(5-1)26-17-27(28(24)32-18-20-9-13-30-14-10-20)23-6-2-4-8-25(23)29(26)33-19-21-11-15-31-16-12-21/h1-16,26-29H,17-19H2/t26-,27-,28-,29-/m1/s1. The fraction of sp³-hybridized carbons (Fsp3) is 0.241. The van der Waals surface area contributed by atoms with E-state index in [4.69, 9.17) is 9.47 Å². The maximum Gasteiger partial charge on any atom is 0.0901 e. The Bertz CT molecular complexity index is 1130. The fourth-order valence-electron chi connectivity index (χ4n) is 5.49. The zero-order chi connectivity index (χ0) is 22.0. The van der Waals surface area contributed by atoms with Crippen molar-refractivity contribution < 1.29 is 9.47 Å². The van der Waals surface area contributed by atoms with E-state index in [2.05, 4.69) is 58.5 Å². The molecule has 4 aromatic rings. The van der Waals surface area contributed by atoms with Gasteiger partial charge in [0.2, 0.25) is 0 Å². The third kappa shape index (κ3) is 3.86. The molecule has 2 aromatic carbocycles. The van der Waals surface area contributed by atoms with Gasteiger partial charge in [-0.05, 0) is 64.1 Å². The number of fused-ring (bicyclic) bond motifs is 6. The summed E-state index contributed by atoms with van der Waals surface area (Å²) in [6.07, 6.45) is 8.36. The number of nitrogens with zero attached hydrogens (tertiary/aromatic N) is 2. The number of rotatable bonds is 6. The maximum absolute atomic E-state index is 6.63. The lowest BCUT2D eigenvalue weighted by Gasteiger charge is -2.46. The zero-order valence-electron chi connectivity index (χ0n) is 18.4. The van der Waals surface area contributed by atoms with E-state index in [1.165, 1.54) is 22.3 Å². The molecule has 0 N–H and O–H groups in total. The molecule has 0 amide bonds. The van der Waals surface area contributed by atoms with Gasteiger partial charge < -0.3 is 9.47 Å². The second-order valence-corrected chi connectivity index (χ2v) is 8.88. The van der Waals surface area contributed by atoms with Gasteiger partial charge in [0.1, 0.15) is 0 Å². The highest BCUT2D eigenvalue weighted by Crippen LogP contribution is 2.58. The molecule has 4 heteroatoms. The molecule has 33 heavy (non-hydrogen) atoms. The molecule has 0 aliphatic heterocycles. The van der Waals surface area contributed by atoms with Crippen LogP contribution in [0.4, 0.5) is 0 Å². The first-order valence-corrected chi connectivity index (χ1v) is 11.6. The van der Waals surface area contributed by atoms with Crippen LogP contribution in [0.1, 0.15) is 63.8 Å². The molecule has 4 atom stereocenters. The Morgan fingerprint density at radius 3 is 1.36 bits per heavy atom. The summed E-state index contributed by atoms with van der Waals surface area (Å²) in [5.74, 6) is 0.618. The van der Waals surface area contributed by atoms with Crippen molar-refractivity contribution in [3.8, 4) is 0 Å². The number of hydrogen-bond acceptors (Lipinski definition) is 4. The second kappa shape index (κ2) is 8.89. The molecular weight excluding hydrogens is 408 g/mol. The van der Waals surface area contributed by atoms with E-state index in [-0.39, 0.29) is 12.2 Å². The first kappa shape index (κ1) is 20.3. The minimum Gasteiger partial charge on any atom is -0.368 e. The molecule has 0 saturated carbocycles. The van der Waals surface area contributed by atoms with Crippen molar-refractivity contribution in [3.63, 3.8) is 0 Å². The highest BCUT2D eigenvalue weighted by Gasteiger charge is 2.45. The maximum atomic E-state index is 6.63. The fourth-order valence-corrected chi connectivity index (χ4v) is 5.49. The molecule has 6 rings (SSSR count). The van der Waals surface area contributed by atoms with E-state index in [1.807, 2.05) is 49.1 Å². The predicted molar refractivity (Wildman–Crippen MR) is 127 cm³/mol. The van der Waals surface area contributed by atoms with Gasteiger partial charge in [0.25, 0.3) is 0 Å². The van der Waals surface area contributed by atoms with Crippen LogP contribution in [0.5, 0.6) is 0 Å². The van der Waals surface area contributed by atoms with Gasteiger partial charge in [-0.2, -0.15) is 0 Å². The molecule has 0 saturated heterocycles. The lowest BCUT2D eigenvalue weighted by Crippen LogP contribution is -2.33.